The standard InChI is InChI=1S/C16H22FNO2/c17-15-4-1-3-13(11-15)7-8-16(19)18-9-2-10-20-12-14-5-6-14/h1,3-4,11,14H,2,5-10,12H2,(H,18,19). The van der Waals surface area contributed by atoms with E-state index in [1.807, 2.05) is 6.07 Å². The second-order valence-corrected chi connectivity index (χ2v) is 5.35. The molecule has 1 aliphatic carbocycles. The number of ether oxygens (including phenoxy) is 1. The molecule has 1 fully saturated rings. The molecule has 3 nitrogen and oxygen atoms in total. The molecule has 110 valence electrons. The van der Waals surface area contributed by atoms with Gasteiger partial charge < -0.3 is 10.1 Å². The summed E-state index contributed by atoms with van der Waals surface area (Å²) < 4.78 is 18.4. The molecular weight excluding hydrogens is 257 g/mol. The highest BCUT2D eigenvalue weighted by Gasteiger charge is 2.20. The number of benzene rings is 1. The summed E-state index contributed by atoms with van der Waals surface area (Å²) in [7, 11) is 0. The highest BCUT2D eigenvalue weighted by Crippen LogP contribution is 2.28. The molecule has 0 spiro atoms. The van der Waals surface area contributed by atoms with E-state index in [2.05, 4.69) is 5.32 Å². The molecule has 0 saturated heterocycles. The summed E-state index contributed by atoms with van der Waals surface area (Å²) >= 11 is 0. The Kier molecular flexibility index (Phi) is 5.99. The Morgan fingerprint density at radius 2 is 2.25 bits per heavy atom. The highest BCUT2D eigenvalue weighted by atomic mass is 19.1. The summed E-state index contributed by atoms with van der Waals surface area (Å²) in [4.78, 5) is 11.6. The van der Waals surface area contributed by atoms with Gasteiger partial charge in [0.05, 0.1) is 0 Å². The molecule has 1 aromatic rings. The molecule has 2 rings (SSSR count). The Morgan fingerprint density at radius 3 is 3.00 bits per heavy atom. The van der Waals surface area contributed by atoms with E-state index in [4.69, 9.17) is 4.74 Å². The molecule has 1 aliphatic rings. The first kappa shape index (κ1) is 15.0. The zero-order valence-electron chi connectivity index (χ0n) is 11.7. The molecule has 4 heteroatoms. The van der Waals surface area contributed by atoms with E-state index >= 15 is 0 Å². The topological polar surface area (TPSA) is 38.3 Å². The first-order valence-corrected chi connectivity index (χ1v) is 7.33. The number of aryl methyl sites for hydroxylation is 1. The molecule has 1 saturated carbocycles. The largest absolute Gasteiger partial charge is 0.381 e. The number of nitrogens with one attached hydrogen (secondary N) is 1. The van der Waals surface area contributed by atoms with E-state index in [0.29, 0.717) is 26.0 Å². The van der Waals surface area contributed by atoms with Gasteiger partial charge in [-0.1, -0.05) is 12.1 Å². The van der Waals surface area contributed by atoms with Crippen molar-refractivity contribution in [3.05, 3.63) is 35.6 Å². The molecule has 0 bridgehead atoms. The number of halogens is 1. The molecule has 1 aromatic carbocycles. The summed E-state index contributed by atoms with van der Waals surface area (Å²) in [5.41, 5.74) is 0.855. The normalized spacial score (nSPS) is 14.2. The van der Waals surface area contributed by atoms with Crippen molar-refractivity contribution < 1.29 is 13.9 Å². The molecule has 20 heavy (non-hydrogen) atoms. The number of carbonyl (C=O) groups is 1. The van der Waals surface area contributed by atoms with Crippen LogP contribution in [-0.2, 0) is 16.0 Å². The van der Waals surface area contributed by atoms with Crippen LogP contribution in [0.4, 0.5) is 4.39 Å². The van der Waals surface area contributed by atoms with Crippen molar-refractivity contribution in [1.29, 1.82) is 0 Å². The lowest BCUT2D eigenvalue weighted by Crippen LogP contribution is -2.25. The summed E-state index contributed by atoms with van der Waals surface area (Å²) in [5, 5.41) is 2.86. The summed E-state index contributed by atoms with van der Waals surface area (Å²) in [6.45, 7) is 2.22. The van der Waals surface area contributed by atoms with Gasteiger partial charge in [-0.25, -0.2) is 4.39 Å². The Hall–Kier alpha value is -1.42. The molecule has 0 heterocycles. The lowest BCUT2D eigenvalue weighted by molar-refractivity contribution is -0.121. The zero-order chi connectivity index (χ0) is 14.2. The van der Waals surface area contributed by atoms with Crippen molar-refractivity contribution in [1.82, 2.24) is 5.32 Å². The summed E-state index contributed by atoms with van der Waals surface area (Å²) in [5.74, 6) is 0.544. The maximum Gasteiger partial charge on any atom is 0.220 e. The molecular formula is C16H22FNO2. The summed E-state index contributed by atoms with van der Waals surface area (Å²) in [6.07, 6.45) is 4.42. The monoisotopic (exact) mass is 279 g/mol. The third-order valence-electron chi connectivity index (χ3n) is 3.37. The Bertz CT molecular complexity index is 432. The van der Waals surface area contributed by atoms with Crippen LogP contribution in [0.1, 0.15) is 31.2 Å². The fourth-order valence-electron chi connectivity index (χ4n) is 1.98. The second-order valence-electron chi connectivity index (χ2n) is 5.35. The van der Waals surface area contributed by atoms with Crippen LogP contribution in [0.2, 0.25) is 0 Å². The fraction of sp³-hybridized carbons (Fsp3) is 0.562. The first-order valence-electron chi connectivity index (χ1n) is 7.33. The molecule has 0 unspecified atom stereocenters. The minimum absolute atomic E-state index is 0.0106. The number of carbonyl (C=O) groups excluding carboxylic acids is 1. The van der Waals surface area contributed by atoms with Gasteiger partial charge in [-0.2, -0.15) is 0 Å². The third-order valence-corrected chi connectivity index (χ3v) is 3.37. The van der Waals surface area contributed by atoms with E-state index < -0.39 is 0 Å². The van der Waals surface area contributed by atoms with Crippen molar-refractivity contribution in [3.8, 4) is 0 Å². The van der Waals surface area contributed by atoms with E-state index in [-0.39, 0.29) is 11.7 Å². The lowest BCUT2D eigenvalue weighted by Gasteiger charge is -2.06. The highest BCUT2D eigenvalue weighted by molar-refractivity contribution is 5.76. The van der Waals surface area contributed by atoms with E-state index in [1.54, 1.807) is 6.07 Å². The second kappa shape index (κ2) is 8.00. The number of amides is 1. The van der Waals surface area contributed by atoms with Crippen LogP contribution in [0.3, 0.4) is 0 Å². The van der Waals surface area contributed by atoms with Crippen molar-refractivity contribution in [2.75, 3.05) is 19.8 Å². The van der Waals surface area contributed by atoms with Crippen LogP contribution in [0.15, 0.2) is 24.3 Å². The van der Waals surface area contributed by atoms with Gasteiger partial charge in [0.15, 0.2) is 0 Å². The maximum absolute atomic E-state index is 13.0. The quantitative estimate of drug-likeness (QED) is 0.706. The van der Waals surface area contributed by atoms with E-state index in [9.17, 15) is 9.18 Å². The molecule has 0 radical (unpaired) electrons. The Labute approximate surface area is 119 Å². The van der Waals surface area contributed by atoms with Gasteiger partial charge in [0.25, 0.3) is 0 Å². The minimum atomic E-state index is -0.254. The van der Waals surface area contributed by atoms with Gasteiger partial charge >= 0.3 is 0 Å². The predicted octanol–water partition coefficient (Wildman–Crippen LogP) is 2.69. The van der Waals surface area contributed by atoms with Crippen LogP contribution < -0.4 is 5.32 Å². The number of hydrogen-bond donors (Lipinski definition) is 1. The average Bonchev–Trinajstić information content (AvgIpc) is 3.24. The molecule has 1 amide bonds. The van der Waals surface area contributed by atoms with Crippen LogP contribution in [0.25, 0.3) is 0 Å². The Balaban J connectivity index is 1.49. The van der Waals surface area contributed by atoms with Crippen molar-refractivity contribution in [3.63, 3.8) is 0 Å². The van der Waals surface area contributed by atoms with Gasteiger partial charge in [0, 0.05) is 26.2 Å². The van der Waals surface area contributed by atoms with Gasteiger partial charge in [0.1, 0.15) is 5.82 Å². The molecule has 0 aromatic heterocycles. The number of rotatable bonds is 9. The van der Waals surface area contributed by atoms with E-state index in [0.717, 1.165) is 24.5 Å². The average molecular weight is 279 g/mol. The van der Waals surface area contributed by atoms with Gasteiger partial charge in [-0.3, -0.25) is 4.79 Å². The predicted molar refractivity (Wildman–Crippen MR) is 75.9 cm³/mol. The lowest BCUT2D eigenvalue weighted by atomic mass is 10.1. The number of hydrogen-bond acceptors (Lipinski definition) is 2. The SMILES string of the molecule is O=C(CCc1cccc(F)c1)NCCCOCC1CC1. The van der Waals surface area contributed by atoms with Crippen molar-refractivity contribution in [2.45, 2.75) is 32.1 Å². The van der Waals surface area contributed by atoms with Crippen LogP contribution in [-0.4, -0.2) is 25.7 Å². The zero-order valence-corrected chi connectivity index (χ0v) is 11.7. The molecule has 1 N–H and O–H groups in total. The molecule has 0 atom stereocenters. The Morgan fingerprint density at radius 1 is 1.40 bits per heavy atom. The van der Waals surface area contributed by atoms with Crippen LogP contribution in [0, 0.1) is 11.7 Å². The first-order chi connectivity index (χ1) is 9.74. The third kappa shape index (κ3) is 6.15. The van der Waals surface area contributed by atoms with Crippen LogP contribution in [0.5, 0.6) is 0 Å². The smallest absolute Gasteiger partial charge is 0.220 e. The van der Waals surface area contributed by atoms with Gasteiger partial charge in [-0.15, -0.1) is 0 Å². The van der Waals surface area contributed by atoms with Gasteiger partial charge in [-0.05, 0) is 49.3 Å². The molecule has 0 aliphatic heterocycles. The van der Waals surface area contributed by atoms with Crippen molar-refractivity contribution in [2.24, 2.45) is 5.92 Å². The van der Waals surface area contributed by atoms with Gasteiger partial charge in [0.2, 0.25) is 5.91 Å². The summed E-state index contributed by atoms with van der Waals surface area (Å²) in [6, 6.07) is 6.38. The fourth-order valence-corrected chi connectivity index (χ4v) is 1.98. The minimum Gasteiger partial charge on any atom is -0.381 e. The maximum atomic E-state index is 13.0. The van der Waals surface area contributed by atoms with E-state index in [1.165, 1.54) is 25.0 Å². The van der Waals surface area contributed by atoms with Crippen molar-refractivity contribution >= 4 is 5.91 Å². The van der Waals surface area contributed by atoms with Crippen LogP contribution >= 0.6 is 0 Å².